The standard InChI is InChI=1S/C17H18F2N4O4S/c1-23-7-13-15(27-9-17(4-5-20-8-17)22-28(13,25)26)14(23)16(24)21-10-2-3-11(18)12(19)6-10/h2-3,6-7,20,22H,4-5,8-9H2,1H3,(H,21,24). The number of sulfonamides is 1. The fraction of sp³-hybridized carbons (Fsp3) is 0.353. The van der Waals surface area contributed by atoms with Crippen LogP contribution in [0, 0.1) is 11.6 Å². The van der Waals surface area contributed by atoms with Gasteiger partial charge in [0, 0.05) is 31.5 Å². The van der Waals surface area contributed by atoms with Crippen LogP contribution < -0.4 is 20.1 Å². The minimum Gasteiger partial charge on any atom is -0.488 e. The Morgan fingerprint density at radius 1 is 1.32 bits per heavy atom. The van der Waals surface area contributed by atoms with Crippen LogP contribution in [0.25, 0.3) is 0 Å². The number of halogens is 2. The number of hydrogen-bond acceptors (Lipinski definition) is 5. The first-order chi connectivity index (χ1) is 13.2. The predicted octanol–water partition coefficient (Wildman–Crippen LogP) is 0.958. The normalized spacial score (nSPS) is 23.1. The van der Waals surface area contributed by atoms with E-state index in [1.807, 2.05) is 0 Å². The minimum absolute atomic E-state index is 0.0323. The molecule has 1 unspecified atom stereocenters. The molecule has 2 aliphatic rings. The summed E-state index contributed by atoms with van der Waals surface area (Å²) in [5, 5.41) is 5.54. The zero-order valence-corrected chi connectivity index (χ0v) is 15.7. The molecule has 1 aromatic carbocycles. The summed E-state index contributed by atoms with van der Waals surface area (Å²) >= 11 is 0. The van der Waals surface area contributed by atoms with Gasteiger partial charge in [-0.15, -0.1) is 0 Å². The first-order valence-corrected chi connectivity index (χ1v) is 10.0. The SMILES string of the molecule is Cn1cc2c(c1C(=O)Nc1ccc(F)c(F)c1)OCC1(CCNC1)NS2(=O)=O. The number of nitrogens with zero attached hydrogens (tertiary/aromatic N) is 1. The first-order valence-electron chi connectivity index (χ1n) is 8.54. The van der Waals surface area contributed by atoms with Gasteiger partial charge in [0.25, 0.3) is 5.91 Å². The highest BCUT2D eigenvalue weighted by Gasteiger charge is 2.44. The Hall–Kier alpha value is -2.50. The van der Waals surface area contributed by atoms with Crippen molar-refractivity contribution in [2.75, 3.05) is 25.0 Å². The average molecular weight is 412 g/mol. The monoisotopic (exact) mass is 412 g/mol. The summed E-state index contributed by atoms with van der Waals surface area (Å²) < 4.78 is 61.9. The van der Waals surface area contributed by atoms with Gasteiger partial charge in [0.1, 0.15) is 11.5 Å². The molecule has 0 aliphatic carbocycles. The molecular formula is C17H18F2N4O4S. The van der Waals surface area contributed by atoms with Crippen molar-refractivity contribution in [2.45, 2.75) is 16.9 Å². The molecule has 2 aliphatic heterocycles. The lowest BCUT2D eigenvalue weighted by Crippen LogP contribution is -2.52. The van der Waals surface area contributed by atoms with Crippen LogP contribution >= 0.6 is 0 Å². The Balaban J connectivity index is 1.69. The molecular weight excluding hydrogens is 394 g/mol. The number of hydrogen-bond donors (Lipinski definition) is 3. The molecule has 11 heteroatoms. The fourth-order valence-corrected chi connectivity index (χ4v) is 5.08. The van der Waals surface area contributed by atoms with Gasteiger partial charge in [-0.3, -0.25) is 4.79 Å². The zero-order valence-electron chi connectivity index (χ0n) is 14.9. The number of aryl methyl sites for hydroxylation is 1. The number of benzene rings is 1. The van der Waals surface area contributed by atoms with E-state index in [1.54, 1.807) is 0 Å². The molecule has 0 saturated carbocycles. The van der Waals surface area contributed by atoms with Crippen molar-refractivity contribution >= 4 is 21.6 Å². The third kappa shape index (κ3) is 3.15. The van der Waals surface area contributed by atoms with E-state index in [-0.39, 0.29) is 28.6 Å². The van der Waals surface area contributed by atoms with E-state index in [1.165, 1.54) is 23.9 Å². The summed E-state index contributed by atoms with van der Waals surface area (Å²) in [6.45, 7) is 1.12. The van der Waals surface area contributed by atoms with Crippen molar-refractivity contribution in [3.05, 3.63) is 41.7 Å². The number of nitrogens with one attached hydrogen (secondary N) is 3. The number of aromatic nitrogens is 1. The second-order valence-corrected chi connectivity index (χ2v) is 8.62. The van der Waals surface area contributed by atoms with E-state index in [4.69, 9.17) is 4.74 Å². The Morgan fingerprint density at radius 2 is 2.11 bits per heavy atom. The van der Waals surface area contributed by atoms with Crippen LogP contribution in [-0.4, -0.2) is 44.1 Å². The summed E-state index contributed by atoms with van der Waals surface area (Å²) in [6.07, 6.45) is 1.85. The van der Waals surface area contributed by atoms with Crippen LogP contribution in [0.3, 0.4) is 0 Å². The summed E-state index contributed by atoms with van der Waals surface area (Å²) in [5.41, 5.74) is -0.782. The topological polar surface area (TPSA) is 101 Å². The molecule has 2 aromatic rings. The van der Waals surface area contributed by atoms with Gasteiger partial charge in [-0.1, -0.05) is 0 Å². The van der Waals surface area contributed by atoms with Gasteiger partial charge in [-0.05, 0) is 25.1 Å². The van der Waals surface area contributed by atoms with E-state index in [0.29, 0.717) is 19.5 Å². The Morgan fingerprint density at radius 3 is 2.79 bits per heavy atom. The van der Waals surface area contributed by atoms with Crippen LogP contribution in [0.1, 0.15) is 16.9 Å². The lowest BCUT2D eigenvalue weighted by molar-refractivity contribution is 0.101. The van der Waals surface area contributed by atoms with E-state index < -0.39 is 33.1 Å². The van der Waals surface area contributed by atoms with Crippen molar-refractivity contribution in [3.8, 4) is 5.75 Å². The number of anilines is 1. The molecule has 1 amide bonds. The van der Waals surface area contributed by atoms with Crippen molar-refractivity contribution in [2.24, 2.45) is 7.05 Å². The smallest absolute Gasteiger partial charge is 0.276 e. The van der Waals surface area contributed by atoms with Gasteiger partial charge in [0.15, 0.2) is 23.1 Å². The summed E-state index contributed by atoms with van der Waals surface area (Å²) in [7, 11) is -2.42. The van der Waals surface area contributed by atoms with E-state index >= 15 is 0 Å². The quantitative estimate of drug-likeness (QED) is 0.682. The minimum atomic E-state index is -3.92. The molecule has 4 rings (SSSR count). The van der Waals surface area contributed by atoms with Crippen molar-refractivity contribution in [1.82, 2.24) is 14.6 Å². The van der Waals surface area contributed by atoms with Crippen molar-refractivity contribution < 1.29 is 26.7 Å². The predicted molar refractivity (Wildman–Crippen MR) is 95.8 cm³/mol. The molecule has 3 N–H and O–H groups in total. The first kappa shape index (κ1) is 18.8. The van der Waals surface area contributed by atoms with Gasteiger partial charge in [0.2, 0.25) is 10.0 Å². The maximum atomic E-state index is 13.4. The number of ether oxygens (including phenoxy) is 1. The van der Waals surface area contributed by atoms with Gasteiger partial charge >= 0.3 is 0 Å². The van der Waals surface area contributed by atoms with E-state index in [2.05, 4.69) is 15.4 Å². The van der Waals surface area contributed by atoms with E-state index in [9.17, 15) is 22.0 Å². The molecule has 8 nitrogen and oxygen atoms in total. The molecule has 1 fully saturated rings. The van der Waals surface area contributed by atoms with Crippen LogP contribution in [0.5, 0.6) is 5.75 Å². The lowest BCUT2D eigenvalue weighted by atomic mass is 10.0. The Labute approximate surface area is 159 Å². The maximum Gasteiger partial charge on any atom is 0.276 e. The molecule has 1 aromatic heterocycles. The zero-order chi connectivity index (χ0) is 20.1. The second-order valence-electron chi connectivity index (χ2n) is 6.97. The van der Waals surface area contributed by atoms with Gasteiger partial charge in [0.05, 0.1) is 5.54 Å². The van der Waals surface area contributed by atoms with Crippen LogP contribution in [0.2, 0.25) is 0 Å². The number of carbonyl (C=O) groups is 1. The third-order valence-electron chi connectivity index (χ3n) is 4.87. The fourth-order valence-electron chi connectivity index (χ4n) is 3.47. The molecule has 28 heavy (non-hydrogen) atoms. The van der Waals surface area contributed by atoms with Crippen LogP contribution in [0.15, 0.2) is 29.3 Å². The summed E-state index contributed by atoms with van der Waals surface area (Å²) in [5.74, 6) is -2.92. The number of carbonyl (C=O) groups excluding carboxylic acids is 1. The molecule has 1 atom stereocenters. The molecule has 0 bridgehead atoms. The van der Waals surface area contributed by atoms with Gasteiger partial charge < -0.3 is 19.9 Å². The van der Waals surface area contributed by atoms with Gasteiger partial charge in [-0.25, -0.2) is 21.9 Å². The molecule has 3 heterocycles. The molecule has 1 spiro atoms. The van der Waals surface area contributed by atoms with E-state index in [0.717, 1.165) is 12.1 Å². The lowest BCUT2D eigenvalue weighted by Gasteiger charge is -2.26. The van der Waals surface area contributed by atoms with Crippen molar-refractivity contribution in [3.63, 3.8) is 0 Å². The summed E-state index contributed by atoms with van der Waals surface area (Å²) in [6, 6.07) is 2.93. The van der Waals surface area contributed by atoms with Gasteiger partial charge in [-0.2, -0.15) is 0 Å². The number of rotatable bonds is 2. The molecule has 150 valence electrons. The number of amides is 1. The van der Waals surface area contributed by atoms with Crippen LogP contribution in [0.4, 0.5) is 14.5 Å². The Bertz CT molecular complexity index is 1060. The maximum absolute atomic E-state index is 13.4. The Kier molecular flexibility index (Phi) is 4.40. The highest BCUT2D eigenvalue weighted by atomic mass is 32.2. The largest absolute Gasteiger partial charge is 0.488 e. The highest BCUT2D eigenvalue weighted by molar-refractivity contribution is 7.89. The molecule has 0 radical (unpaired) electrons. The van der Waals surface area contributed by atoms with Crippen LogP contribution in [-0.2, 0) is 17.1 Å². The summed E-state index contributed by atoms with van der Waals surface area (Å²) in [4.78, 5) is 12.6. The highest BCUT2D eigenvalue weighted by Crippen LogP contribution is 2.35. The average Bonchev–Trinajstić information content (AvgIpc) is 3.18. The second kappa shape index (κ2) is 6.54. The van der Waals surface area contributed by atoms with Crippen molar-refractivity contribution in [1.29, 1.82) is 0 Å². The number of fused-ring (bicyclic) bond motifs is 1. The third-order valence-corrected chi connectivity index (χ3v) is 6.44. The molecule has 1 saturated heterocycles.